The number of likely N-dealkylation sites (tertiary alicyclic amines) is 1. The van der Waals surface area contributed by atoms with Crippen molar-refractivity contribution in [1.82, 2.24) is 77.8 Å². The number of amidine groups is 1. The van der Waals surface area contributed by atoms with E-state index in [4.69, 9.17) is 18.9 Å². The Balaban J connectivity index is 0.000000119. The van der Waals surface area contributed by atoms with Gasteiger partial charge in [0, 0.05) is 125 Å². The van der Waals surface area contributed by atoms with Crippen molar-refractivity contribution in [3.05, 3.63) is 356 Å². The van der Waals surface area contributed by atoms with E-state index in [1.165, 1.54) is 50.4 Å². The van der Waals surface area contributed by atoms with Crippen molar-refractivity contribution < 1.29 is 24.1 Å². The number of aliphatic hydroxyl groups excluding tert-OH is 1. The first-order chi connectivity index (χ1) is 61.8. The highest BCUT2D eigenvalue weighted by molar-refractivity contribution is 5.88. The van der Waals surface area contributed by atoms with Gasteiger partial charge in [-0.1, -0.05) is 128 Å². The summed E-state index contributed by atoms with van der Waals surface area (Å²) in [6.45, 7) is 15.7. The van der Waals surface area contributed by atoms with Gasteiger partial charge in [-0.05, 0) is 191 Å². The molecule has 16 aromatic rings. The Labute approximate surface area is 735 Å². The van der Waals surface area contributed by atoms with Crippen LogP contribution >= 0.6 is 0 Å². The van der Waals surface area contributed by atoms with E-state index >= 15 is 0 Å². The van der Waals surface area contributed by atoms with Crippen molar-refractivity contribution in [2.75, 3.05) is 46.8 Å². The average Bonchev–Trinajstić information content (AvgIpc) is 1.60. The number of piperidine rings is 1. The highest BCUT2D eigenvalue weighted by Gasteiger charge is 2.37. The molecule has 3 fully saturated rings. The molecule has 0 amide bonds. The summed E-state index contributed by atoms with van der Waals surface area (Å²) >= 11 is 0. The van der Waals surface area contributed by atoms with Gasteiger partial charge in [-0.25, -0.2) is 0 Å². The highest BCUT2D eigenvalue weighted by Crippen LogP contribution is 2.37. The van der Waals surface area contributed by atoms with E-state index in [9.17, 15) is 24.3 Å². The summed E-state index contributed by atoms with van der Waals surface area (Å²) in [5.74, 6) is 4.80. The number of fused-ring (bicyclic) bond motifs is 6. The molecule has 4 aliphatic rings. The minimum atomic E-state index is -0.510. The molecule has 8 aromatic heterocycles. The Kier molecular flexibility index (Phi) is 26.2. The summed E-state index contributed by atoms with van der Waals surface area (Å²) in [7, 11) is 3.85. The normalized spacial score (nSPS) is 16.5. The molecule has 127 heavy (non-hydrogen) atoms. The third-order valence-electron chi connectivity index (χ3n) is 23.5. The maximum absolute atomic E-state index is 12.8. The summed E-state index contributed by atoms with van der Waals surface area (Å²) in [4.78, 5) is 60.0. The second-order valence-corrected chi connectivity index (χ2v) is 34.1. The lowest BCUT2D eigenvalue weighted by molar-refractivity contribution is 0.117. The first-order valence-electron chi connectivity index (χ1n) is 43.4. The minimum Gasteiger partial charge on any atom is -0.489 e. The Morgan fingerprint density at radius 3 is 1.20 bits per heavy atom. The van der Waals surface area contributed by atoms with E-state index in [0.29, 0.717) is 81.0 Å². The van der Waals surface area contributed by atoms with Gasteiger partial charge in [0.2, 0.25) is 0 Å². The topological polar surface area (TPSA) is 259 Å². The molecule has 0 radical (unpaired) electrons. The maximum Gasteiger partial charge on any atom is 0.258 e. The molecular weight excluding hydrogens is 1600 g/mol. The van der Waals surface area contributed by atoms with Gasteiger partial charge in [0.05, 0.1) is 91.2 Å². The van der Waals surface area contributed by atoms with Crippen LogP contribution in [0.15, 0.2) is 316 Å². The van der Waals surface area contributed by atoms with Crippen LogP contribution in [-0.2, 0) is 52.6 Å². The van der Waals surface area contributed by atoms with Crippen LogP contribution in [-0.4, -0.2) is 149 Å². The number of aliphatic imine (C=N–C) groups is 1. The van der Waals surface area contributed by atoms with Gasteiger partial charge in [-0.2, -0.15) is 20.4 Å². The molecule has 3 aliphatic heterocycles. The molecule has 2 saturated heterocycles. The quantitative estimate of drug-likeness (QED) is 0.0432. The Morgan fingerprint density at radius 2 is 0.843 bits per heavy atom. The van der Waals surface area contributed by atoms with Crippen LogP contribution in [0.5, 0.6) is 23.0 Å². The molecule has 648 valence electrons. The summed E-state index contributed by atoms with van der Waals surface area (Å²) in [6, 6.07) is 77.9. The second kappa shape index (κ2) is 39.0. The number of aliphatic hydroxyl groups is 1. The van der Waals surface area contributed by atoms with Gasteiger partial charge in [0.1, 0.15) is 55.3 Å². The molecule has 2 bridgehead atoms. The van der Waals surface area contributed by atoms with E-state index in [2.05, 4.69) is 77.1 Å². The number of hydrogen-bond acceptors (Lipinski definition) is 18. The summed E-state index contributed by atoms with van der Waals surface area (Å²) in [6.07, 6.45) is 19.2. The van der Waals surface area contributed by atoms with Crippen LogP contribution in [0.2, 0.25) is 0 Å². The van der Waals surface area contributed by atoms with Crippen LogP contribution < -0.4 is 51.8 Å². The molecule has 8 aromatic carbocycles. The molecule has 5 atom stereocenters. The van der Waals surface area contributed by atoms with Crippen LogP contribution in [0.3, 0.4) is 0 Å². The van der Waals surface area contributed by atoms with Gasteiger partial charge in [0.25, 0.3) is 22.2 Å². The van der Waals surface area contributed by atoms with Crippen molar-refractivity contribution in [2.45, 2.75) is 123 Å². The number of likely N-dealkylation sites (N-methyl/N-ethyl adjacent to an activating group) is 1. The number of benzene rings is 8. The summed E-state index contributed by atoms with van der Waals surface area (Å²) < 4.78 is 37.4. The number of aromatic nitrogens is 12. The monoisotopic (exact) mass is 1700 g/mol. The van der Waals surface area contributed by atoms with Crippen molar-refractivity contribution in [3.63, 3.8) is 0 Å². The SMILES string of the molecule is CC1(C)CN=C(Cn2ncc3cc(-n4ccc(OCc5ccccc5)cc4=O)ccc32)N1.CN(C)C[C@@H](O)Cn1ncc2cc(-n3ccc(OCc4ccccc4)cc3=O)ccc21.C[C@H]1CNC(Cn2ncc3cc(-n4ccc(OCc5ccccc5)cc4=O)ccc32)C1.O=c1cc(OCc2ccccc2)ccn1-c1ccc2c(cnn2CCN2CC3CCC2C3)c1. The fraction of sp³-hybridized carbons (Fsp3) is 0.277. The van der Waals surface area contributed by atoms with E-state index in [-0.39, 0.29) is 27.8 Å². The van der Waals surface area contributed by atoms with Gasteiger partial charge in [-0.15, -0.1) is 0 Å². The fourth-order valence-electron chi connectivity index (χ4n) is 17.1. The molecule has 11 heterocycles. The van der Waals surface area contributed by atoms with Crippen molar-refractivity contribution in [2.24, 2.45) is 16.8 Å². The van der Waals surface area contributed by atoms with Crippen molar-refractivity contribution in [3.8, 4) is 45.7 Å². The molecule has 3 N–H and O–H groups in total. The predicted octanol–water partition coefficient (Wildman–Crippen LogP) is 14.2. The molecular formula is C101H105N17O9. The molecule has 3 unspecified atom stereocenters. The highest BCUT2D eigenvalue weighted by atomic mass is 16.5. The molecule has 20 rings (SSSR count). The number of nitrogens with zero attached hydrogens (tertiary/aromatic N) is 15. The third kappa shape index (κ3) is 21.3. The predicted molar refractivity (Wildman–Crippen MR) is 497 cm³/mol. The smallest absolute Gasteiger partial charge is 0.258 e. The third-order valence-corrected chi connectivity index (χ3v) is 23.5. The van der Waals surface area contributed by atoms with Crippen LogP contribution in [0.1, 0.15) is 68.7 Å². The van der Waals surface area contributed by atoms with Gasteiger partial charge >= 0.3 is 0 Å². The minimum absolute atomic E-state index is 0.0103. The molecule has 0 spiro atoms. The lowest BCUT2D eigenvalue weighted by Crippen LogP contribution is -2.40. The van der Waals surface area contributed by atoms with Crippen LogP contribution in [0.25, 0.3) is 66.4 Å². The first kappa shape index (κ1) is 85.1. The van der Waals surface area contributed by atoms with Crippen LogP contribution in [0, 0.1) is 11.8 Å². The average molecular weight is 1700 g/mol. The van der Waals surface area contributed by atoms with E-state index in [1.807, 2.05) is 249 Å². The molecule has 1 aliphatic carbocycles. The van der Waals surface area contributed by atoms with Crippen LogP contribution in [0.4, 0.5) is 0 Å². The van der Waals surface area contributed by atoms with E-state index < -0.39 is 6.10 Å². The number of hydrogen-bond donors (Lipinski definition) is 3. The lowest BCUT2D eigenvalue weighted by atomic mass is 10.1. The summed E-state index contributed by atoms with van der Waals surface area (Å²) in [5.41, 5.74) is 11.0. The standard InChI is InChI=1S/C27H28N4O2.C25H25N5O2.C25H26N4O2.C24H26N4O3/c32-27-16-25(33-19-20-4-2-1-3-5-20)10-11-30(27)24-8-9-26-22(15-24)17-28-31(26)13-12-29-18-21-6-7-23(29)14-21;1-25(2)17-26-23(28-25)15-30-22-9-8-20(12-19(22)14-27-30)29-11-10-21(13-24(29)31)32-16-18-6-4-3-5-7-18;1-18-11-21(26-14-18)16-29-24-8-7-22(12-20(24)15-27-29)28-10-9-23(13-25(28)30)31-17-19-5-3-2-4-6-19;1-26(2)15-21(29)16-28-23-9-8-20(12-19(23)14-25-28)27-11-10-22(13-24(27)30)31-17-18-6-4-3-5-7-18/h1-5,8-11,15-17,21,23H,6-7,12-14,18-19H2;3-14H,15-17H2,1-2H3,(H,26,28);2-10,12-13,15,18,21,26H,11,14,16-17H2,1H3;3-14,21,29H,15-17H2,1-2H3/t;;18-,21?;21-/m..11/s1. The Hall–Kier alpha value is -14.1. The summed E-state index contributed by atoms with van der Waals surface area (Å²) in [5, 5.41) is 39.3. The Morgan fingerprint density at radius 1 is 0.457 bits per heavy atom. The molecule has 1 saturated carbocycles. The first-order valence-corrected chi connectivity index (χ1v) is 43.4. The second-order valence-electron chi connectivity index (χ2n) is 34.1. The van der Waals surface area contributed by atoms with Gasteiger partial charge in [-0.3, -0.25) is 66.1 Å². The van der Waals surface area contributed by atoms with Gasteiger partial charge in [0.15, 0.2) is 0 Å². The number of pyridine rings is 4. The van der Waals surface area contributed by atoms with Crippen molar-refractivity contribution >= 4 is 49.4 Å². The largest absolute Gasteiger partial charge is 0.489 e. The van der Waals surface area contributed by atoms with E-state index in [0.717, 1.165) is 139 Å². The lowest BCUT2D eigenvalue weighted by Gasteiger charge is -2.26. The molecule has 26 nitrogen and oxygen atoms in total. The van der Waals surface area contributed by atoms with Gasteiger partial charge < -0.3 is 39.6 Å². The van der Waals surface area contributed by atoms with E-state index in [1.54, 1.807) is 66.1 Å². The Bertz CT molecular complexity index is 6750. The van der Waals surface area contributed by atoms with Crippen molar-refractivity contribution in [1.29, 1.82) is 0 Å². The molecule has 26 heteroatoms. The number of rotatable bonds is 27. The number of nitrogens with one attached hydrogen (secondary N) is 2. The zero-order valence-electron chi connectivity index (χ0n) is 72.0. The maximum atomic E-state index is 12.8. The zero-order valence-corrected chi connectivity index (χ0v) is 72.0. The number of ether oxygens (including phenoxy) is 4. The fourth-order valence-corrected chi connectivity index (χ4v) is 17.1. The zero-order chi connectivity index (χ0) is 87.3.